The van der Waals surface area contributed by atoms with Crippen LogP contribution in [0.3, 0.4) is 0 Å². The highest BCUT2D eigenvalue weighted by Crippen LogP contribution is 2.41. The molecule has 4 rings (SSSR count). The molecule has 0 radical (unpaired) electrons. The van der Waals surface area contributed by atoms with Crippen molar-refractivity contribution in [3.05, 3.63) is 59.7 Å². The number of hydrogen-bond acceptors (Lipinski definition) is 1. The fourth-order valence-corrected chi connectivity index (χ4v) is 3.70. The Bertz CT molecular complexity index is 784. The molecule has 0 saturated carbocycles. The van der Waals surface area contributed by atoms with Crippen LogP contribution in [0.25, 0.3) is 22.2 Å². The molecular weight excluding hydrogens is 256 g/mol. The van der Waals surface area contributed by atoms with E-state index in [4.69, 9.17) is 0 Å². The molecule has 1 atom stereocenters. The van der Waals surface area contributed by atoms with Gasteiger partial charge in [0, 0.05) is 22.6 Å². The minimum absolute atomic E-state index is 0.528. The van der Waals surface area contributed by atoms with Crippen LogP contribution < -0.4 is 0 Å². The number of benzene rings is 2. The number of aromatic amines is 1. The highest BCUT2D eigenvalue weighted by molar-refractivity contribution is 5.94. The first-order valence-corrected chi connectivity index (χ1v) is 7.61. The molecule has 2 nitrogen and oxygen atoms in total. The molecule has 0 aliphatic heterocycles. The highest BCUT2D eigenvalue weighted by atomic mass is 15.1. The summed E-state index contributed by atoms with van der Waals surface area (Å²) in [7, 11) is 4.36. The molecule has 2 heteroatoms. The monoisotopic (exact) mass is 276 g/mol. The molecule has 0 fully saturated rings. The molecule has 1 N–H and O–H groups in total. The Morgan fingerprint density at radius 2 is 1.81 bits per heavy atom. The summed E-state index contributed by atoms with van der Waals surface area (Å²) in [6, 6.07) is 17.9. The maximum Gasteiger partial charge on any atom is 0.0497 e. The van der Waals surface area contributed by atoms with Gasteiger partial charge in [0.25, 0.3) is 0 Å². The van der Waals surface area contributed by atoms with E-state index in [9.17, 15) is 0 Å². The topological polar surface area (TPSA) is 19.0 Å². The lowest BCUT2D eigenvalue weighted by molar-refractivity contribution is 0.282. The number of aromatic nitrogens is 1. The van der Waals surface area contributed by atoms with Crippen molar-refractivity contribution in [2.45, 2.75) is 18.9 Å². The van der Waals surface area contributed by atoms with Gasteiger partial charge >= 0.3 is 0 Å². The van der Waals surface area contributed by atoms with Crippen molar-refractivity contribution in [2.24, 2.45) is 0 Å². The van der Waals surface area contributed by atoms with Gasteiger partial charge in [-0.15, -0.1) is 0 Å². The molecule has 1 aliphatic carbocycles. The molecule has 106 valence electrons. The molecule has 0 amide bonds. The summed E-state index contributed by atoms with van der Waals surface area (Å²) in [5.41, 5.74) is 6.82. The number of rotatable bonds is 2. The number of hydrogen-bond donors (Lipinski definition) is 1. The predicted octanol–water partition coefficient (Wildman–Crippen LogP) is 4.38. The van der Waals surface area contributed by atoms with Gasteiger partial charge in [-0.25, -0.2) is 0 Å². The molecule has 2 aromatic carbocycles. The molecule has 1 unspecified atom stereocenters. The first-order chi connectivity index (χ1) is 10.3. The lowest BCUT2D eigenvalue weighted by Crippen LogP contribution is -2.23. The van der Waals surface area contributed by atoms with Crippen LogP contribution in [0.4, 0.5) is 0 Å². The van der Waals surface area contributed by atoms with Crippen molar-refractivity contribution in [2.75, 3.05) is 14.1 Å². The third-order valence-corrected chi connectivity index (χ3v) is 4.67. The zero-order valence-corrected chi connectivity index (χ0v) is 12.6. The first-order valence-electron chi connectivity index (χ1n) is 7.61. The summed E-state index contributed by atoms with van der Waals surface area (Å²) in [5, 5.41) is 1.45. The summed E-state index contributed by atoms with van der Waals surface area (Å²) in [6.45, 7) is 0. The number of nitrogens with zero attached hydrogens (tertiary/aromatic N) is 1. The Hall–Kier alpha value is -2.06. The van der Waals surface area contributed by atoms with Gasteiger partial charge in [-0.2, -0.15) is 0 Å². The van der Waals surface area contributed by atoms with Gasteiger partial charge in [-0.05, 0) is 49.7 Å². The van der Waals surface area contributed by atoms with E-state index >= 15 is 0 Å². The number of nitrogens with one attached hydrogen (secondary N) is 1. The third kappa shape index (κ3) is 1.90. The quantitative estimate of drug-likeness (QED) is 0.735. The van der Waals surface area contributed by atoms with E-state index < -0.39 is 0 Å². The average molecular weight is 276 g/mol. The molecule has 0 spiro atoms. The van der Waals surface area contributed by atoms with Crippen molar-refractivity contribution in [1.29, 1.82) is 0 Å². The fraction of sp³-hybridized carbons (Fsp3) is 0.263. The van der Waals surface area contributed by atoms with Crippen LogP contribution >= 0.6 is 0 Å². The molecule has 1 aromatic heterocycles. The smallest absolute Gasteiger partial charge is 0.0497 e. The fourth-order valence-electron chi connectivity index (χ4n) is 3.70. The Balaban J connectivity index is 1.99. The zero-order valence-electron chi connectivity index (χ0n) is 12.6. The lowest BCUT2D eigenvalue weighted by atomic mass is 9.86. The minimum Gasteiger partial charge on any atom is -0.354 e. The van der Waals surface area contributed by atoms with E-state index in [1.807, 2.05) is 0 Å². The van der Waals surface area contributed by atoms with Crippen LogP contribution in [-0.2, 0) is 6.42 Å². The largest absolute Gasteiger partial charge is 0.354 e. The lowest BCUT2D eigenvalue weighted by Gasteiger charge is -2.29. The van der Waals surface area contributed by atoms with Gasteiger partial charge < -0.3 is 9.88 Å². The van der Waals surface area contributed by atoms with Gasteiger partial charge in [-0.3, -0.25) is 0 Å². The van der Waals surface area contributed by atoms with Gasteiger partial charge in [0.2, 0.25) is 0 Å². The van der Waals surface area contributed by atoms with E-state index in [1.54, 1.807) is 0 Å². The van der Waals surface area contributed by atoms with E-state index in [0.29, 0.717) is 6.04 Å². The third-order valence-electron chi connectivity index (χ3n) is 4.67. The van der Waals surface area contributed by atoms with Crippen LogP contribution in [0.5, 0.6) is 0 Å². The summed E-state index contributed by atoms with van der Waals surface area (Å²) < 4.78 is 0. The summed E-state index contributed by atoms with van der Waals surface area (Å²) in [5.74, 6) is 0. The Labute approximate surface area is 125 Å². The van der Waals surface area contributed by atoms with Crippen LogP contribution in [0.1, 0.15) is 23.6 Å². The molecule has 21 heavy (non-hydrogen) atoms. The van der Waals surface area contributed by atoms with Crippen LogP contribution in [0.15, 0.2) is 48.5 Å². The number of aryl methyl sites for hydroxylation is 1. The van der Waals surface area contributed by atoms with E-state index in [1.165, 1.54) is 39.7 Å². The molecule has 0 bridgehead atoms. The Kier molecular flexibility index (Phi) is 2.86. The molecule has 0 saturated heterocycles. The van der Waals surface area contributed by atoms with Crippen molar-refractivity contribution >= 4 is 10.9 Å². The van der Waals surface area contributed by atoms with Gasteiger partial charge in [0.05, 0.1) is 0 Å². The maximum atomic E-state index is 3.65. The SMILES string of the molecule is CN(C)C1CCc2c(-c3ccccc3)[nH]c3cccc1c23. The van der Waals surface area contributed by atoms with Crippen molar-refractivity contribution < 1.29 is 0 Å². The summed E-state index contributed by atoms with van der Waals surface area (Å²) >= 11 is 0. The normalized spacial score (nSPS) is 17.6. The first kappa shape index (κ1) is 12.7. The van der Waals surface area contributed by atoms with Gasteiger partial charge in [-0.1, -0.05) is 42.5 Å². The maximum absolute atomic E-state index is 3.65. The van der Waals surface area contributed by atoms with Gasteiger partial charge in [0.15, 0.2) is 0 Å². The molecular formula is C19H20N2. The summed E-state index contributed by atoms with van der Waals surface area (Å²) in [4.78, 5) is 5.99. The van der Waals surface area contributed by atoms with Crippen molar-refractivity contribution in [3.8, 4) is 11.3 Å². The predicted molar refractivity (Wildman–Crippen MR) is 88.5 cm³/mol. The minimum atomic E-state index is 0.528. The second kappa shape index (κ2) is 4.74. The van der Waals surface area contributed by atoms with Gasteiger partial charge in [0.1, 0.15) is 0 Å². The second-order valence-electron chi connectivity index (χ2n) is 6.13. The van der Waals surface area contributed by atoms with E-state index in [0.717, 1.165) is 6.42 Å². The summed E-state index contributed by atoms with van der Waals surface area (Å²) in [6.07, 6.45) is 2.33. The van der Waals surface area contributed by atoms with Crippen molar-refractivity contribution in [3.63, 3.8) is 0 Å². The van der Waals surface area contributed by atoms with Crippen molar-refractivity contribution in [1.82, 2.24) is 9.88 Å². The highest BCUT2D eigenvalue weighted by Gasteiger charge is 2.26. The second-order valence-corrected chi connectivity index (χ2v) is 6.13. The van der Waals surface area contributed by atoms with Crippen LogP contribution in [0, 0.1) is 0 Å². The Morgan fingerprint density at radius 3 is 2.57 bits per heavy atom. The standard InChI is InChI=1S/C19H20N2/c1-21(2)17-12-11-15-18-14(17)9-6-10-16(18)20-19(15)13-7-4-3-5-8-13/h3-10,17,20H,11-12H2,1-2H3. The Morgan fingerprint density at radius 1 is 1.00 bits per heavy atom. The number of H-pyrrole nitrogens is 1. The van der Waals surface area contributed by atoms with Crippen LogP contribution in [-0.4, -0.2) is 24.0 Å². The molecule has 3 aromatic rings. The van der Waals surface area contributed by atoms with E-state index in [-0.39, 0.29) is 0 Å². The molecule has 1 aliphatic rings. The zero-order chi connectivity index (χ0) is 14.4. The molecule has 1 heterocycles. The van der Waals surface area contributed by atoms with E-state index in [2.05, 4.69) is 72.5 Å². The average Bonchev–Trinajstić information content (AvgIpc) is 2.89. The van der Waals surface area contributed by atoms with Crippen LogP contribution in [0.2, 0.25) is 0 Å².